The first-order chi connectivity index (χ1) is 15.9. The molecule has 0 bridgehead atoms. The Morgan fingerprint density at radius 3 is 1.34 bits per heavy atom. The Morgan fingerprint density at radius 2 is 0.875 bits per heavy atom. The van der Waals surface area contributed by atoms with E-state index in [4.69, 9.17) is 0 Å². The molecule has 0 saturated carbocycles. The molecular weight excluding hydrogens is 480 g/mol. The van der Waals surface area contributed by atoms with Crippen LogP contribution < -0.4 is 10.4 Å². The van der Waals surface area contributed by atoms with Gasteiger partial charge >= 0.3 is 199 Å². The summed E-state index contributed by atoms with van der Waals surface area (Å²) in [5.74, 6) is 0. The van der Waals surface area contributed by atoms with Crippen molar-refractivity contribution in [2.75, 3.05) is 0 Å². The molecule has 0 N–H and O–H groups in total. The molecule has 0 heterocycles. The van der Waals surface area contributed by atoms with E-state index in [1.165, 1.54) is 11.1 Å². The van der Waals surface area contributed by atoms with Gasteiger partial charge in [-0.15, -0.1) is 0 Å². The molecule has 2 unspecified atom stereocenters. The topological polar surface area (TPSA) is 0 Å². The van der Waals surface area contributed by atoms with Crippen LogP contribution in [0.25, 0.3) is 12.2 Å². The summed E-state index contributed by atoms with van der Waals surface area (Å²) in [6, 6.07) is 41.1. The van der Waals surface area contributed by atoms with Crippen molar-refractivity contribution in [1.82, 2.24) is 0 Å². The first-order valence-electron chi connectivity index (χ1n) is 11.6. The molecule has 0 aliphatic heterocycles. The molecule has 6 rings (SSSR count). The van der Waals surface area contributed by atoms with Gasteiger partial charge in [-0.2, -0.15) is 0 Å². The zero-order chi connectivity index (χ0) is 21.3. The molecule has 2 aliphatic carbocycles. The fourth-order valence-corrected chi connectivity index (χ4v) is 38.1. The number of hydrogen-bond donors (Lipinski definition) is 0. The van der Waals surface area contributed by atoms with Crippen molar-refractivity contribution in [1.29, 1.82) is 0 Å². The van der Waals surface area contributed by atoms with Crippen LogP contribution in [0.3, 0.4) is 0 Å². The molecule has 154 valence electrons. The van der Waals surface area contributed by atoms with Crippen LogP contribution in [0.1, 0.15) is 29.5 Å². The van der Waals surface area contributed by atoms with E-state index in [0.29, 0.717) is 7.25 Å². The standard InChI is InChI=1S/C12H10Si.2C9H7.Zr.2H/c1-3-7-11(8-4-1)13-12-9-5-2-6-10-12;2*1-2-5-9-7-3-6-8(9)4-1;;;/h1-10H;2*1-7H;;;. The first kappa shape index (κ1) is 20.1. The maximum absolute atomic E-state index is 2.63. The molecule has 0 amide bonds. The maximum atomic E-state index is 2.57. The Morgan fingerprint density at radius 1 is 0.469 bits per heavy atom. The van der Waals surface area contributed by atoms with Gasteiger partial charge in [0.25, 0.3) is 0 Å². The molecule has 0 aromatic heterocycles. The van der Waals surface area contributed by atoms with Crippen LogP contribution in [-0.2, 0) is 20.4 Å². The Balaban J connectivity index is 1.67. The Labute approximate surface area is 198 Å². The molecule has 0 radical (unpaired) electrons. The van der Waals surface area contributed by atoms with Crippen molar-refractivity contribution in [2.45, 2.75) is 7.25 Å². The third-order valence-corrected chi connectivity index (χ3v) is 35.7. The van der Waals surface area contributed by atoms with Gasteiger partial charge in [0, 0.05) is 0 Å². The summed E-state index contributed by atoms with van der Waals surface area (Å²) < 4.78 is 1.25. The predicted molar refractivity (Wildman–Crippen MR) is 137 cm³/mol. The molecular formula is C30H26SiZr. The summed E-state index contributed by atoms with van der Waals surface area (Å²) in [5, 5.41) is 3.18. The fourth-order valence-electron chi connectivity index (χ4n) is 6.04. The SMILES string of the molecule is C1=C[CH]([ZrH2]([CH]2C=Cc3ccccc32)=[Si](c2ccccc2)c2ccccc2)c2ccccc21. The molecule has 2 aliphatic rings. The van der Waals surface area contributed by atoms with Gasteiger partial charge in [0.05, 0.1) is 0 Å². The molecule has 2 atom stereocenters. The third-order valence-electron chi connectivity index (χ3n) is 7.41. The Bertz CT molecular complexity index is 1260. The van der Waals surface area contributed by atoms with Crippen LogP contribution in [0, 0.1) is 0 Å². The second kappa shape index (κ2) is 8.77. The van der Waals surface area contributed by atoms with E-state index in [0.717, 1.165) is 0 Å². The molecule has 0 spiro atoms. The minimum absolute atomic E-state index is 0.627. The van der Waals surface area contributed by atoms with Crippen LogP contribution in [0.4, 0.5) is 0 Å². The molecule has 2 heteroatoms. The van der Waals surface area contributed by atoms with Crippen LogP contribution >= 0.6 is 0 Å². The number of allylic oxidation sites excluding steroid dienone is 2. The van der Waals surface area contributed by atoms with Gasteiger partial charge in [0.15, 0.2) is 0 Å². The van der Waals surface area contributed by atoms with Gasteiger partial charge in [-0.1, -0.05) is 0 Å². The monoisotopic (exact) mass is 504 g/mol. The number of benzene rings is 4. The summed E-state index contributed by atoms with van der Waals surface area (Å²) in [6.07, 6.45) is 9.94. The summed E-state index contributed by atoms with van der Waals surface area (Å²) in [5.41, 5.74) is 5.15. The van der Waals surface area contributed by atoms with E-state index in [2.05, 4.69) is 133 Å². The summed E-state index contributed by atoms with van der Waals surface area (Å²) >= 11 is -2.63. The van der Waals surface area contributed by atoms with Gasteiger partial charge in [-0.05, 0) is 0 Å². The minimum atomic E-state index is -2.63. The second-order valence-corrected chi connectivity index (χ2v) is 28.7. The van der Waals surface area contributed by atoms with Gasteiger partial charge < -0.3 is 0 Å². The summed E-state index contributed by atoms with van der Waals surface area (Å²) in [7, 11) is 0. The van der Waals surface area contributed by atoms with Crippen molar-refractivity contribution in [3.05, 3.63) is 144 Å². The molecule has 0 fully saturated rings. The predicted octanol–water partition coefficient (Wildman–Crippen LogP) is 5.41. The molecule has 4 aromatic rings. The fraction of sp³-hybridized carbons (Fsp3) is 0.0667. The molecule has 32 heavy (non-hydrogen) atoms. The van der Waals surface area contributed by atoms with Gasteiger partial charge in [-0.25, -0.2) is 0 Å². The first-order valence-corrected chi connectivity index (χ1v) is 22.6. The average Bonchev–Trinajstić information content (AvgIpc) is 3.48. The summed E-state index contributed by atoms with van der Waals surface area (Å²) in [6.45, 7) is 0. The molecule has 0 nitrogen and oxygen atoms in total. The van der Waals surface area contributed by atoms with Crippen molar-refractivity contribution >= 4 is 28.0 Å². The van der Waals surface area contributed by atoms with Gasteiger partial charge in [0.2, 0.25) is 0 Å². The number of hydrogen-bond acceptors (Lipinski definition) is 0. The van der Waals surface area contributed by atoms with E-state index < -0.39 is 25.8 Å². The van der Waals surface area contributed by atoms with Crippen LogP contribution in [-0.4, -0.2) is 5.43 Å². The van der Waals surface area contributed by atoms with Crippen molar-refractivity contribution < 1.29 is 20.4 Å². The van der Waals surface area contributed by atoms with Crippen molar-refractivity contribution in [3.63, 3.8) is 0 Å². The van der Waals surface area contributed by atoms with E-state index >= 15 is 0 Å². The van der Waals surface area contributed by atoms with Crippen LogP contribution in [0.15, 0.2) is 121 Å². The van der Waals surface area contributed by atoms with E-state index in [1.54, 1.807) is 21.5 Å². The zero-order valence-corrected chi connectivity index (χ0v) is 22.5. The Hall–Kier alpha value is -2.54. The normalized spacial score (nSPS) is 18.0. The van der Waals surface area contributed by atoms with Crippen LogP contribution in [0.5, 0.6) is 0 Å². The van der Waals surface area contributed by atoms with E-state index in [1.807, 2.05) is 0 Å². The van der Waals surface area contributed by atoms with Crippen molar-refractivity contribution in [3.8, 4) is 0 Å². The van der Waals surface area contributed by atoms with Crippen molar-refractivity contribution in [2.24, 2.45) is 0 Å². The van der Waals surface area contributed by atoms with E-state index in [9.17, 15) is 0 Å². The number of rotatable bonds is 4. The van der Waals surface area contributed by atoms with Gasteiger partial charge in [0.1, 0.15) is 0 Å². The molecule has 0 saturated heterocycles. The number of fused-ring (bicyclic) bond motifs is 2. The average molecular weight is 506 g/mol. The third kappa shape index (κ3) is 3.56. The van der Waals surface area contributed by atoms with E-state index in [-0.39, 0.29) is 0 Å². The van der Waals surface area contributed by atoms with Crippen LogP contribution in [0.2, 0.25) is 0 Å². The Kier molecular flexibility index (Phi) is 5.51. The summed E-state index contributed by atoms with van der Waals surface area (Å²) in [4.78, 5) is 0. The zero-order valence-electron chi connectivity index (χ0n) is 18.1. The second-order valence-electron chi connectivity index (χ2n) is 9.04. The molecule has 4 aromatic carbocycles. The quantitative estimate of drug-likeness (QED) is 0.325. The van der Waals surface area contributed by atoms with Gasteiger partial charge in [-0.3, -0.25) is 0 Å².